The van der Waals surface area contributed by atoms with Gasteiger partial charge in [-0.3, -0.25) is 0 Å². The van der Waals surface area contributed by atoms with E-state index in [1.807, 2.05) is 31.2 Å². The van der Waals surface area contributed by atoms with E-state index in [-0.39, 0.29) is 15.7 Å². The van der Waals surface area contributed by atoms with Crippen molar-refractivity contribution in [1.82, 2.24) is 4.98 Å². The smallest absolute Gasteiger partial charge is 0.341 e. The van der Waals surface area contributed by atoms with Crippen LogP contribution in [0, 0.1) is 6.92 Å². The fourth-order valence-electron chi connectivity index (χ4n) is 1.70. The number of ether oxygens (including phenoxy) is 1. The zero-order valence-electron chi connectivity index (χ0n) is 10.9. The molecule has 0 unspecified atom stereocenters. The summed E-state index contributed by atoms with van der Waals surface area (Å²) >= 11 is 12.0. The molecule has 0 saturated carbocycles. The molecule has 0 fully saturated rings. The number of benzene rings is 1. The van der Waals surface area contributed by atoms with E-state index in [9.17, 15) is 4.79 Å². The van der Waals surface area contributed by atoms with E-state index < -0.39 is 5.97 Å². The summed E-state index contributed by atoms with van der Waals surface area (Å²) in [6, 6.07) is 7.62. The van der Waals surface area contributed by atoms with Crippen molar-refractivity contribution in [2.24, 2.45) is 0 Å². The molecule has 2 aromatic rings. The van der Waals surface area contributed by atoms with Gasteiger partial charge in [0.1, 0.15) is 15.7 Å². The standard InChI is InChI=1S/C14H12Cl2N2O2/c1-8-5-3-4-6-10(8)18-12-9(14(19)20-2)7-17-13(16)11(12)15/h3-7H,1-2H3,(H,17,18). The Morgan fingerprint density at radius 1 is 1.30 bits per heavy atom. The number of methoxy groups -OCH3 is 1. The molecule has 1 N–H and O–H groups in total. The Hall–Kier alpha value is -1.78. The summed E-state index contributed by atoms with van der Waals surface area (Å²) in [4.78, 5) is 15.6. The van der Waals surface area contributed by atoms with Gasteiger partial charge >= 0.3 is 5.97 Å². The molecule has 104 valence electrons. The molecule has 4 nitrogen and oxygen atoms in total. The Bertz CT molecular complexity index is 660. The second-order valence-electron chi connectivity index (χ2n) is 4.08. The van der Waals surface area contributed by atoms with Crippen molar-refractivity contribution in [2.75, 3.05) is 12.4 Å². The normalized spacial score (nSPS) is 10.2. The molecule has 0 radical (unpaired) electrons. The number of carbonyl (C=O) groups excluding carboxylic acids is 1. The highest BCUT2D eigenvalue weighted by Gasteiger charge is 2.19. The van der Waals surface area contributed by atoms with Gasteiger partial charge in [0.15, 0.2) is 0 Å². The van der Waals surface area contributed by atoms with Gasteiger partial charge < -0.3 is 10.1 Å². The molecule has 0 aliphatic heterocycles. The maximum atomic E-state index is 11.8. The number of hydrogen-bond donors (Lipinski definition) is 1. The summed E-state index contributed by atoms with van der Waals surface area (Å²) in [5.41, 5.74) is 2.44. The molecular formula is C14H12Cl2N2O2. The first-order valence-corrected chi connectivity index (χ1v) is 6.55. The number of nitrogens with one attached hydrogen (secondary N) is 1. The van der Waals surface area contributed by atoms with Gasteiger partial charge in [0, 0.05) is 11.9 Å². The molecule has 6 heteroatoms. The van der Waals surface area contributed by atoms with Crippen LogP contribution in [0.15, 0.2) is 30.5 Å². The summed E-state index contributed by atoms with van der Waals surface area (Å²) < 4.78 is 4.72. The Balaban J connectivity index is 2.52. The van der Waals surface area contributed by atoms with E-state index in [4.69, 9.17) is 27.9 Å². The number of anilines is 2. The van der Waals surface area contributed by atoms with Crippen LogP contribution in [-0.2, 0) is 4.74 Å². The molecular weight excluding hydrogens is 299 g/mol. The van der Waals surface area contributed by atoms with Gasteiger partial charge in [-0.05, 0) is 18.6 Å². The minimum atomic E-state index is -0.535. The number of esters is 1. The molecule has 0 spiro atoms. The number of pyridine rings is 1. The minimum absolute atomic E-state index is 0.121. The molecule has 1 aromatic heterocycles. The van der Waals surface area contributed by atoms with Crippen LogP contribution in [0.25, 0.3) is 0 Å². The van der Waals surface area contributed by atoms with Crippen molar-refractivity contribution < 1.29 is 9.53 Å². The van der Waals surface area contributed by atoms with Crippen LogP contribution in [0.5, 0.6) is 0 Å². The lowest BCUT2D eigenvalue weighted by molar-refractivity contribution is 0.0601. The Kier molecular flexibility index (Phi) is 4.47. The van der Waals surface area contributed by atoms with Gasteiger partial charge in [-0.25, -0.2) is 9.78 Å². The zero-order chi connectivity index (χ0) is 14.7. The predicted molar refractivity (Wildman–Crippen MR) is 80.1 cm³/mol. The van der Waals surface area contributed by atoms with Crippen molar-refractivity contribution >= 4 is 40.5 Å². The van der Waals surface area contributed by atoms with Crippen molar-refractivity contribution in [3.8, 4) is 0 Å². The van der Waals surface area contributed by atoms with E-state index in [0.717, 1.165) is 11.3 Å². The van der Waals surface area contributed by atoms with Crippen molar-refractivity contribution in [2.45, 2.75) is 6.92 Å². The lowest BCUT2D eigenvalue weighted by Crippen LogP contribution is -2.08. The van der Waals surface area contributed by atoms with E-state index in [2.05, 4.69) is 10.3 Å². The van der Waals surface area contributed by atoms with E-state index in [1.54, 1.807) is 0 Å². The Morgan fingerprint density at radius 2 is 2.00 bits per heavy atom. The molecule has 0 atom stereocenters. The molecule has 2 rings (SSSR count). The van der Waals surface area contributed by atoms with E-state index in [0.29, 0.717) is 5.69 Å². The van der Waals surface area contributed by atoms with Crippen LogP contribution < -0.4 is 5.32 Å². The highest BCUT2D eigenvalue weighted by molar-refractivity contribution is 6.43. The molecule has 20 heavy (non-hydrogen) atoms. The monoisotopic (exact) mass is 310 g/mol. The first-order chi connectivity index (χ1) is 9.54. The van der Waals surface area contributed by atoms with Gasteiger partial charge in [-0.1, -0.05) is 41.4 Å². The maximum Gasteiger partial charge on any atom is 0.341 e. The highest BCUT2D eigenvalue weighted by Crippen LogP contribution is 2.34. The second-order valence-corrected chi connectivity index (χ2v) is 4.82. The van der Waals surface area contributed by atoms with E-state index >= 15 is 0 Å². The largest absolute Gasteiger partial charge is 0.465 e. The molecule has 0 bridgehead atoms. The molecule has 1 heterocycles. The highest BCUT2D eigenvalue weighted by atomic mass is 35.5. The molecule has 0 saturated heterocycles. The van der Waals surface area contributed by atoms with Gasteiger partial charge in [0.05, 0.1) is 12.8 Å². The quantitative estimate of drug-likeness (QED) is 0.681. The Labute approximate surface area is 126 Å². The lowest BCUT2D eigenvalue weighted by Gasteiger charge is -2.14. The number of rotatable bonds is 3. The van der Waals surface area contributed by atoms with Crippen LogP contribution in [0.2, 0.25) is 10.2 Å². The lowest BCUT2D eigenvalue weighted by atomic mass is 10.1. The number of halogens is 2. The fraction of sp³-hybridized carbons (Fsp3) is 0.143. The van der Waals surface area contributed by atoms with Crippen LogP contribution in [0.4, 0.5) is 11.4 Å². The molecule has 1 aromatic carbocycles. The third-order valence-electron chi connectivity index (χ3n) is 2.79. The van der Waals surface area contributed by atoms with Gasteiger partial charge in [0.25, 0.3) is 0 Å². The number of aromatic nitrogens is 1. The van der Waals surface area contributed by atoms with Gasteiger partial charge in [-0.15, -0.1) is 0 Å². The van der Waals surface area contributed by atoms with Crippen molar-refractivity contribution in [3.05, 3.63) is 51.8 Å². The van der Waals surface area contributed by atoms with Crippen LogP contribution in [0.1, 0.15) is 15.9 Å². The maximum absolute atomic E-state index is 11.8. The summed E-state index contributed by atoms with van der Waals surface area (Å²) in [5.74, 6) is -0.535. The first kappa shape index (κ1) is 14.6. The fourth-order valence-corrected chi connectivity index (χ4v) is 2.04. The molecule has 0 amide bonds. The Morgan fingerprint density at radius 3 is 2.65 bits per heavy atom. The summed E-state index contributed by atoms with van der Waals surface area (Å²) in [5, 5.41) is 3.41. The summed E-state index contributed by atoms with van der Waals surface area (Å²) in [7, 11) is 1.29. The first-order valence-electron chi connectivity index (χ1n) is 5.79. The number of para-hydroxylation sites is 1. The third kappa shape index (κ3) is 2.86. The van der Waals surface area contributed by atoms with Crippen LogP contribution in [-0.4, -0.2) is 18.1 Å². The average Bonchev–Trinajstić information content (AvgIpc) is 2.45. The SMILES string of the molecule is COC(=O)c1cnc(Cl)c(Cl)c1Nc1ccccc1C. The average molecular weight is 311 g/mol. The minimum Gasteiger partial charge on any atom is -0.465 e. The van der Waals surface area contributed by atoms with Gasteiger partial charge in [-0.2, -0.15) is 0 Å². The zero-order valence-corrected chi connectivity index (χ0v) is 12.4. The van der Waals surface area contributed by atoms with Crippen molar-refractivity contribution in [3.63, 3.8) is 0 Å². The second kappa shape index (κ2) is 6.11. The van der Waals surface area contributed by atoms with Gasteiger partial charge in [0.2, 0.25) is 0 Å². The molecule has 0 aliphatic carbocycles. The van der Waals surface area contributed by atoms with Crippen LogP contribution >= 0.6 is 23.2 Å². The van der Waals surface area contributed by atoms with Crippen molar-refractivity contribution in [1.29, 1.82) is 0 Å². The third-order valence-corrected chi connectivity index (χ3v) is 3.54. The van der Waals surface area contributed by atoms with E-state index in [1.165, 1.54) is 13.3 Å². The molecule has 0 aliphatic rings. The topological polar surface area (TPSA) is 51.2 Å². The number of hydrogen-bond acceptors (Lipinski definition) is 4. The predicted octanol–water partition coefficient (Wildman–Crippen LogP) is 4.23. The number of aryl methyl sites for hydroxylation is 1. The number of carbonyl (C=O) groups is 1. The number of nitrogens with zero attached hydrogens (tertiary/aromatic N) is 1. The summed E-state index contributed by atoms with van der Waals surface area (Å²) in [6.07, 6.45) is 1.33. The van der Waals surface area contributed by atoms with Crippen LogP contribution in [0.3, 0.4) is 0 Å². The summed E-state index contributed by atoms with van der Waals surface area (Å²) in [6.45, 7) is 1.94.